The Hall–Kier alpha value is -7.43. The molecule has 0 spiro atoms. The van der Waals surface area contributed by atoms with Gasteiger partial charge in [0.05, 0.1) is 0 Å². The molecule has 10 rings (SSSR count). The molecule has 0 amide bonds. The number of fused-ring (bicyclic) bond motifs is 3. The van der Waals surface area contributed by atoms with E-state index in [2.05, 4.69) is 169 Å². The average molecular weight is 704 g/mol. The van der Waals surface area contributed by atoms with Gasteiger partial charge in [-0.05, 0) is 67.9 Å². The summed E-state index contributed by atoms with van der Waals surface area (Å²) in [6, 6.07) is 69.8. The highest BCUT2D eigenvalue weighted by Crippen LogP contribution is 2.54. The predicted molar refractivity (Wildman–Crippen MR) is 225 cm³/mol. The zero-order valence-corrected chi connectivity index (χ0v) is 29.8. The first-order valence-electron chi connectivity index (χ1n) is 18.5. The summed E-state index contributed by atoms with van der Waals surface area (Å²) in [5.74, 6) is 0. The van der Waals surface area contributed by atoms with Crippen LogP contribution in [0.25, 0.3) is 100 Å². The molecule has 0 radical (unpaired) electrons. The van der Waals surface area contributed by atoms with Crippen molar-refractivity contribution >= 4 is 21.9 Å². The molecule has 2 heterocycles. The van der Waals surface area contributed by atoms with Gasteiger partial charge in [0.15, 0.2) is 0 Å². The Bertz CT molecular complexity index is 2940. The Balaban J connectivity index is 1.48. The van der Waals surface area contributed by atoms with E-state index >= 15 is 0 Å². The van der Waals surface area contributed by atoms with Gasteiger partial charge in [-0.2, -0.15) is 0 Å². The van der Waals surface area contributed by atoms with Gasteiger partial charge < -0.3 is 4.42 Å². The molecule has 2 aromatic heterocycles. The molecule has 258 valence electrons. The number of para-hydroxylation sites is 1. The van der Waals surface area contributed by atoms with Crippen LogP contribution in [-0.4, -0.2) is 15.4 Å². The molecular weight excluding hydrogens is 671 g/mol. The fourth-order valence-corrected chi connectivity index (χ4v) is 7.95. The fraction of sp³-hybridized carbons (Fsp3) is 0. The van der Waals surface area contributed by atoms with Crippen LogP contribution in [0.15, 0.2) is 205 Å². The first-order valence-corrected chi connectivity index (χ1v) is 18.5. The van der Waals surface area contributed by atoms with Crippen LogP contribution in [-0.2, 0) is 0 Å². The molecule has 10 aromatic rings. The third-order valence-electron chi connectivity index (χ3n) is 10.3. The van der Waals surface area contributed by atoms with E-state index in [1.165, 1.54) is 0 Å². The van der Waals surface area contributed by atoms with Crippen molar-refractivity contribution in [2.75, 3.05) is 0 Å². The van der Waals surface area contributed by atoms with Gasteiger partial charge in [0.25, 0.3) is 0 Å². The van der Waals surface area contributed by atoms with E-state index in [9.17, 15) is 0 Å². The summed E-state index contributed by atoms with van der Waals surface area (Å²) in [5, 5.41) is 16.5. The van der Waals surface area contributed by atoms with E-state index in [1.54, 1.807) is 0 Å². The summed E-state index contributed by atoms with van der Waals surface area (Å²) in [4.78, 5) is 0. The second-order valence-corrected chi connectivity index (χ2v) is 13.6. The van der Waals surface area contributed by atoms with Gasteiger partial charge in [-0.1, -0.05) is 182 Å². The maximum Gasteiger partial charge on any atom is 0.136 e. The quantitative estimate of drug-likeness (QED) is 0.166. The van der Waals surface area contributed by atoms with Crippen LogP contribution in [0.3, 0.4) is 0 Å². The summed E-state index contributed by atoms with van der Waals surface area (Å²) in [7, 11) is 0. The minimum absolute atomic E-state index is 0.746. The molecule has 0 saturated carbocycles. The Morgan fingerprint density at radius 1 is 0.309 bits per heavy atom. The molecule has 4 heteroatoms. The molecule has 0 unspecified atom stereocenters. The molecule has 0 aliphatic rings. The number of aromatic nitrogens is 3. The molecule has 0 N–H and O–H groups in total. The molecule has 0 fully saturated rings. The molecule has 0 aliphatic heterocycles. The third-order valence-corrected chi connectivity index (χ3v) is 10.3. The Labute approximate surface area is 319 Å². The van der Waals surface area contributed by atoms with Crippen molar-refractivity contribution in [2.24, 2.45) is 0 Å². The summed E-state index contributed by atoms with van der Waals surface area (Å²) in [5.41, 5.74) is 15.6. The largest absolute Gasteiger partial charge is 0.456 e. The lowest BCUT2D eigenvalue weighted by atomic mass is 9.78. The van der Waals surface area contributed by atoms with Crippen molar-refractivity contribution in [3.8, 4) is 78.1 Å². The minimum atomic E-state index is 0.746. The van der Waals surface area contributed by atoms with E-state index in [0.29, 0.717) is 0 Å². The number of nitrogens with zero attached hydrogens (tertiary/aromatic N) is 3. The van der Waals surface area contributed by atoms with Gasteiger partial charge in [0, 0.05) is 33.0 Å². The maximum atomic E-state index is 6.57. The number of hydrogen-bond donors (Lipinski definition) is 0. The fourth-order valence-electron chi connectivity index (χ4n) is 7.95. The lowest BCUT2D eigenvalue weighted by molar-refractivity contribution is 0.669. The zero-order chi connectivity index (χ0) is 36.6. The van der Waals surface area contributed by atoms with E-state index < -0.39 is 0 Å². The van der Waals surface area contributed by atoms with Gasteiger partial charge >= 0.3 is 0 Å². The number of rotatable bonds is 7. The molecule has 8 aromatic carbocycles. The highest BCUT2D eigenvalue weighted by molar-refractivity contribution is 6.18. The van der Waals surface area contributed by atoms with Crippen molar-refractivity contribution in [1.82, 2.24) is 15.4 Å². The van der Waals surface area contributed by atoms with Crippen molar-refractivity contribution in [3.63, 3.8) is 0 Å². The topological polar surface area (TPSA) is 51.8 Å². The Morgan fingerprint density at radius 2 is 0.782 bits per heavy atom. The number of hydrogen-bond acceptors (Lipinski definition) is 4. The summed E-state index contributed by atoms with van der Waals surface area (Å²) in [6.45, 7) is 0. The molecule has 0 saturated heterocycles. The van der Waals surface area contributed by atoms with Crippen LogP contribution < -0.4 is 0 Å². The first kappa shape index (κ1) is 32.2. The van der Waals surface area contributed by atoms with Crippen LogP contribution in [0.4, 0.5) is 0 Å². The second kappa shape index (κ2) is 13.8. The SMILES string of the molecule is c1ccc(-c2cc(-c3ccccc3)c(-c3nnnc(-c4ccccc4)c3-c3ccccc3)c(-c3cccc4oc5ccccc5c34)c2-c2ccccc2)cc1. The molecule has 0 bridgehead atoms. The van der Waals surface area contributed by atoms with Gasteiger partial charge in [-0.3, -0.25) is 0 Å². The van der Waals surface area contributed by atoms with Crippen molar-refractivity contribution in [3.05, 3.63) is 200 Å². The van der Waals surface area contributed by atoms with Crippen LogP contribution >= 0.6 is 0 Å². The summed E-state index contributed by atoms with van der Waals surface area (Å²) in [6.07, 6.45) is 0. The Kier molecular flexibility index (Phi) is 8.12. The first-order chi connectivity index (χ1) is 27.3. The molecule has 4 nitrogen and oxygen atoms in total. The smallest absolute Gasteiger partial charge is 0.136 e. The molecule has 55 heavy (non-hydrogen) atoms. The number of benzene rings is 8. The van der Waals surface area contributed by atoms with Gasteiger partial charge in [-0.25, -0.2) is 0 Å². The zero-order valence-electron chi connectivity index (χ0n) is 29.8. The van der Waals surface area contributed by atoms with Crippen LogP contribution in [0.1, 0.15) is 0 Å². The minimum Gasteiger partial charge on any atom is -0.456 e. The monoisotopic (exact) mass is 703 g/mol. The van der Waals surface area contributed by atoms with E-state index in [4.69, 9.17) is 14.6 Å². The summed E-state index contributed by atoms with van der Waals surface area (Å²) < 4.78 is 6.57. The van der Waals surface area contributed by atoms with Crippen molar-refractivity contribution in [1.29, 1.82) is 0 Å². The van der Waals surface area contributed by atoms with Gasteiger partial charge in [0.2, 0.25) is 0 Å². The van der Waals surface area contributed by atoms with Gasteiger partial charge in [0.1, 0.15) is 22.6 Å². The van der Waals surface area contributed by atoms with Crippen molar-refractivity contribution < 1.29 is 4.42 Å². The average Bonchev–Trinajstić information content (AvgIpc) is 3.66. The normalized spacial score (nSPS) is 11.3. The lowest BCUT2D eigenvalue weighted by Crippen LogP contribution is -2.04. The van der Waals surface area contributed by atoms with Crippen molar-refractivity contribution in [2.45, 2.75) is 0 Å². The van der Waals surface area contributed by atoms with Crippen LogP contribution in [0.5, 0.6) is 0 Å². The predicted octanol–water partition coefficient (Wildman–Crippen LogP) is 13.4. The van der Waals surface area contributed by atoms with Crippen LogP contribution in [0, 0.1) is 0 Å². The molecular formula is C51H33N3O. The highest BCUT2D eigenvalue weighted by atomic mass is 16.3. The maximum absolute atomic E-state index is 6.57. The van der Waals surface area contributed by atoms with Crippen LogP contribution in [0.2, 0.25) is 0 Å². The van der Waals surface area contributed by atoms with Gasteiger partial charge in [-0.15, -0.1) is 10.2 Å². The third kappa shape index (κ3) is 5.68. The number of furan rings is 1. The standard InChI is InChI=1S/C51H33N3O/c1-6-19-34(20-7-1)41-33-42(35-21-8-2-9-22-35)49(51-46(37-25-12-4-13-26-37)50(52-54-53-51)38-27-14-5-15-28-38)48(45(41)36-23-10-3-11-24-36)40-30-18-32-44-47(40)39-29-16-17-31-43(39)55-44/h1-33H. The van der Waals surface area contributed by atoms with E-state index in [-0.39, 0.29) is 0 Å². The second-order valence-electron chi connectivity index (χ2n) is 13.6. The highest BCUT2D eigenvalue weighted by Gasteiger charge is 2.29. The molecule has 0 atom stereocenters. The Morgan fingerprint density at radius 3 is 1.40 bits per heavy atom. The van der Waals surface area contributed by atoms with E-state index in [0.717, 1.165) is 100 Å². The summed E-state index contributed by atoms with van der Waals surface area (Å²) >= 11 is 0. The molecule has 0 aliphatic carbocycles. The van der Waals surface area contributed by atoms with E-state index in [1.807, 2.05) is 36.4 Å². The lowest BCUT2D eigenvalue weighted by Gasteiger charge is -2.25.